The average Bonchev–Trinajstić information content (AvgIpc) is 3.12. The lowest BCUT2D eigenvalue weighted by Gasteiger charge is -2.10. The van der Waals surface area contributed by atoms with E-state index in [1.807, 2.05) is 54.6 Å². The fraction of sp³-hybridized carbons (Fsp3) is 0.182. The number of carbonyl (C=O) groups is 1. The number of fused-ring (bicyclic) bond motifs is 1. The zero-order chi connectivity index (χ0) is 21.3. The minimum atomic E-state index is -0.424. The Morgan fingerprint density at radius 3 is 2.50 bits per heavy atom. The van der Waals surface area contributed by atoms with Gasteiger partial charge in [-0.25, -0.2) is 0 Å². The van der Waals surface area contributed by atoms with Crippen LogP contribution in [0.25, 0.3) is 22.2 Å². The van der Waals surface area contributed by atoms with Gasteiger partial charge in [-0.05, 0) is 25.5 Å². The van der Waals surface area contributed by atoms with Crippen molar-refractivity contribution in [2.45, 2.75) is 25.5 Å². The van der Waals surface area contributed by atoms with E-state index in [0.29, 0.717) is 5.56 Å². The molecule has 30 heavy (non-hydrogen) atoms. The number of nitrogen functional groups attached to an aromatic ring is 1. The van der Waals surface area contributed by atoms with Gasteiger partial charge in [-0.3, -0.25) is 9.59 Å². The summed E-state index contributed by atoms with van der Waals surface area (Å²) >= 11 is 1.11. The first-order valence-electron chi connectivity index (χ1n) is 9.57. The highest BCUT2D eigenvalue weighted by molar-refractivity contribution is 7.99. The van der Waals surface area contributed by atoms with Crippen LogP contribution in [0.1, 0.15) is 23.0 Å². The Bertz CT molecular complexity index is 1290. The largest absolute Gasteiger partial charge is 0.340 e. The molecule has 0 saturated carbocycles. The van der Waals surface area contributed by atoms with Gasteiger partial charge in [0.25, 0.3) is 5.56 Å². The molecule has 8 heteroatoms. The van der Waals surface area contributed by atoms with Crippen LogP contribution in [0, 0.1) is 6.92 Å². The molecule has 2 aromatic carbocycles. The molecule has 152 valence electrons. The number of hydrogen-bond donors (Lipinski definition) is 1. The van der Waals surface area contributed by atoms with Crippen molar-refractivity contribution in [3.05, 3.63) is 76.2 Å². The van der Waals surface area contributed by atoms with E-state index in [2.05, 4.69) is 21.7 Å². The minimum absolute atomic E-state index is 0.0583. The predicted molar refractivity (Wildman–Crippen MR) is 119 cm³/mol. The van der Waals surface area contributed by atoms with Crippen molar-refractivity contribution in [2.24, 2.45) is 0 Å². The van der Waals surface area contributed by atoms with E-state index in [1.165, 1.54) is 0 Å². The second-order valence-electron chi connectivity index (χ2n) is 6.81. The second-order valence-corrected chi connectivity index (χ2v) is 7.75. The number of aryl methyl sites for hydroxylation is 2. The molecule has 4 aromatic rings. The predicted octanol–water partition coefficient (Wildman–Crippen LogP) is 3.28. The highest BCUT2D eigenvalue weighted by Gasteiger charge is 2.23. The van der Waals surface area contributed by atoms with Crippen LogP contribution in [0.3, 0.4) is 0 Å². The Kier molecular flexibility index (Phi) is 5.41. The number of Topliss-reactive ketones (excluding diaryl/α,β-unsaturated/α-hetero) is 1. The molecule has 0 aliphatic heterocycles. The van der Waals surface area contributed by atoms with Crippen molar-refractivity contribution in [3.63, 3.8) is 0 Å². The summed E-state index contributed by atoms with van der Waals surface area (Å²) < 4.78 is 3.10. The molecule has 7 nitrogen and oxygen atoms in total. The molecule has 0 saturated heterocycles. The van der Waals surface area contributed by atoms with E-state index in [4.69, 9.17) is 5.84 Å². The molecule has 0 fully saturated rings. The Balaban J connectivity index is 1.79. The van der Waals surface area contributed by atoms with Crippen LogP contribution in [-0.2, 0) is 6.54 Å². The molecular weight excluding hydrogens is 398 g/mol. The molecular formula is C22H21N5O2S. The molecule has 0 aliphatic rings. The Morgan fingerprint density at radius 2 is 1.77 bits per heavy atom. The monoisotopic (exact) mass is 419 g/mol. The number of para-hydroxylation sites is 1. The summed E-state index contributed by atoms with van der Waals surface area (Å²) in [5, 5.41) is 8.90. The quantitative estimate of drug-likeness (QED) is 0.293. The van der Waals surface area contributed by atoms with Gasteiger partial charge in [-0.1, -0.05) is 60.3 Å². The van der Waals surface area contributed by atoms with Gasteiger partial charge in [0.1, 0.15) is 5.69 Å². The number of ketones is 1. The summed E-state index contributed by atoms with van der Waals surface area (Å²) in [5.74, 6) is 5.84. The summed E-state index contributed by atoms with van der Waals surface area (Å²) in [4.78, 5) is 25.4. The van der Waals surface area contributed by atoms with Crippen molar-refractivity contribution >= 4 is 28.4 Å². The van der Waals surface area contributed by atoms with Crippen LogP contribution in [0.15, 0.2) is 64.5 Å². The number of benzene rings is 2. The van der Waals surface area contributed by atoms with Crippen LogP contribution in [-0.4, -0.2) is 31.0 Å². The van der Waals surface area contributed by atoms with E-state index in [-0.39, 0.29) is 22.4 Å². The number of thioether (sulfide) groups is 1. The zero-order valence-electron chi connectivity index (χ0n) is 16.7. The summed E-state index contributed by atoms with van der Waals surface area (Å²) in [5.41, 5.74) is 3.34. The van der Waals surface area contributed by atoms with Gasteiger partial charge in [0.05, 0.1) is 17.0 Å². The van der Waals surface area contributed by atoms with Gasteiger partial charge in [-0.15, -0.1) is 10.2 Å². The number of aromatic nitrogens is 4. The number of nitrogens with two attached hydrogens (primary N) is 1. The summed E-state index contributed by atoms with van der Waals surface area (Å²) in [6, 6.07) is 17.8. The zero-order valence-corrected chi connectivity index (χ0v) is 17.5. The Morgan fingerprint density at radius 1 is 1.07 bits per heavy atom. The van der Waals surface area contributed by atoms with Gasteiger partial charge in [0.2, 0.25) is 5.16 Å². The second kappa shape index (κ2) is 8.16. The van der Waals surface area contributed by atoms with Crippen molar-refractivity contribution in [1.29, 1.82) is 0 Å². The Hall–Kier alpha value is -3.39. The van der Waals surface area contributed by atoms with E-state index in [0.717, 1.165) is 45.1 Å². The molecule has 0 aliphatic carbocycles. The summed E-state index contributed by atoms with van der Waals surface area (Å²) in [6.07, 6.45) is 0. The minimum Gasteiger partial charge on any atom is -0.340 e. The average molecular weight is 420 g/mol. The number of nitrogens with zero attached hydrogens (tertiary/aromatic N) is 4. The topological polar surface area (TPSA) is 95.8 Å². The van der Waals surface area contributed by atoms with Crippen molar-refractivity contribution in [3.8, 4) is 11.3 Å². The molecule has 0 bridgehead atoms. The van der Waals surface area contributed by atoms with E-state index >= 15 is 0 Å². The molecule has 2 N–H and O–H groups in total. The molecule has 2 aromatic heterocycles. The first kappa shape index (κ1) is 19.9. The maximum absolute atomic E-state index is 13.4. The molecule has 0 spiro atoms. The van der Waals surface area contributed by atoms with Gasteiger partial charge < -0.3 is 10.4 Å². The van der Waals surface area contributed by atoms with E-state index < -0.39 is 5.56 Å². The lowest BCUT2D eigenvalue weighted by molar-refractivity contribution is 0.102. The third kappa shape index (κ3) is 3.39. The SMILES string of the molecule is CCn1c(-c2ccccc2)c(C(=O)CSc2nnc(C)c(=O)n2N)c2ccccc21. The van der Waals surface area contributed by atoms with Crippen LogP contribution < -0.4 is 11.4 Å². The fourth-order valence-electron chi connectivity index (χ4n) is 3.58. The van der Waals surface area contributed by atoms with E-state index in [1.54, 1.807) is 6.92 Å². The fourth-order valence-corrected chi connectivity index (χ4v) is 4.31. The first-order chi connectivity index (χ1) is 14.5. The highest BCUT2D eigenvalue weighted by atomic mass is 32.2. The maximum Gasteiger partial charge on any atom is 0.294 e. The molecule has 0 radical (unpaired) electrons. The lowest BCUT2D eigenvalue weighted by Crippen LogP contribution is -2.32. The summed E-state index contributed by atoms with van der Waals surface area (Å²) in [6.45, 7) is 4.35. The standard InChI is InChI=1S/C22H21N5O2S/c1-3-26-17-12-8-7-11-16(17)19(20(26)15-9-5-4-6-10-15)18(28)13-30-22-25-24-14(2)21(29)27(22)23/h4-12H,3,13,23H2,1-2H3. The first-order valence-corrected chi connectivity index (χ1v) is 10.6. The highest BCUT2D eigenvalue weighted by Crippen LogP contribution is 2.35. The third-order valence-electron chi connectivity index (χ3n) is 4.97. The lowest BCUT2D eigenvalue weighted by atomic mass is 10.0. The Labute approximate surface area is 177 Å². The van der Waals surface area contributed by atoms with Gasteiger partial charge in [0, 0.05) is 17.4 Å². The number of rotatable bonds is 6. The van der Waals surface area contributed by atoms with Crippen LogP contribution >= 0.6 is 11.8 Å². The van der Waals surface area contributed by atoms with Crippen molar-refractivity contribution in [2.75, 3.05) is 11.6 Å². The number of hydrogen-bond acceptors (Lipinski definition) is 6. The molecule has 0 unspecified atom stereocenters. The third-order valence-corrected chi connectivity index (χ3v) is 5.91. The molecule has 0 amide bonds. The molecule has 4 rings (SSSR count). The molecule has 0 atom stereocenters. The summed E-state index contributed by atoms with van der Waals surface area (Å²) in [7, 11) is 0. The van der Waals surface area contributed by atoms with Crippen LogP contribution in [0.4, 0.5) is 0 Å². The van der Waals surface area contributed by atoms with Crippen LogP contribution in [0.2, 0.25) is 0 Å². The number of carbonyl (C=O) groups excluding carboxylic acids is 1. The van der Waals surface area contributed by atoms with Crippen molar-refractivity contribution < 1.29 is 4.79 Å². The smallest absolute Gasteiger partial charge is 0.294 e. The normalized spacial score (nSPS) is 11.1. The van der Waals surface area contributed by atoms with Crippen molar-refractivity contribution in [1.82, 2.24) is 19.4 Å². The maximum atomic E-state index is 13.4. The van der Waals surface area contributed by atoms with E-state index in [9.17, 15) is 9.59 Å². The van der Waals surface area contributed by atoms with Gasteiger partial charge >= 0.3 is 0 Å². The van der Waals surface area contributed by atoms with Gasteiger partial charge in [-0.2, -0.15) is 4.68 Å². The van der Waals surface area contributed by atoms with Crippen LogP contribution in [0.5, 0.6) is 0 Å². The molecule has 2 heterocycles. The van der Waals surface area contributed by atoms with Gasteiger partial charge in [0.15, 0.2) is 5.78 Å².